The molecule has 1 aliphatic carbocycles. The molecule has 2 heterocycles. The molecule has 96 valence electrons. The normalized spacial score (nSPS) is 18.9. The second-order valence-electron chi connectivity index (χ2n) is 4.98. The number of hydrogen-bond donors (Lipinski definition) is 1. The number of fused-ring (bicyclic) bond motifs is 1. The van der Waals surface area contributed by atoms with Gasteiger partial charge in [0.25, 0.3) is 0 Å². The van der Waals surface area contributed by atoms with E-state index >= 15 is 0 Å². The minimum Gasteiger partial charge on any atom is -0.388 e. The van der Waals surface area contributed by atoms with Gasteiger partial charge in [-0.3, -0.25) is 4.68 Å². The fourth-order valence-electron chi connectivity index (χ4n) is 2.87. The monoisotopic (exact) mass is 245 g/mol. The molecular formula is C14H19N3O. The minimum absolute atomic E-state index is 0.295. The van der Waals surface area contributed by atoms with E-state index in [1.807, 2.05) is 17.8 Å². The Balaban J connectivity index is 2.12. The van der Waals surface area contributed by atoms with Gasteiger partial charge in [-0.05, 0) is 31.7 Å². The van der Waals surface area contributed by atoms with Crippen molar-refractivity contribution in [3.8, 4) is 5.69 Å². The lowest BCUT2D eigenvalue weighted by atomic mass is 9.95. The average molecular weight is 245 g/mol. The van der Waals surface area contributed by atoms with Crippen LogP contribution in [0, 0.1) is 0 Å². The van der Waals surface area contributed by atoms with Crippen LogP contribution in [0.5, 0.6) is 0 Å². The van der Waals surface area contributed by atoms with Gasteiger partial charge in [0.2, 0.25) is 0 Å². The SMILES string of the molecule is CCc1nn(C)cc1-n1ccc2c1CCCC2O. The van der Waals surface area contributed by atoms with Gasteiger partial charge in [-0.2, -0.15) is 5.10 Å². The first-order valence-electron chi connectivity index (χ1n) is 6.61. The number of aryl methyl sites for hydroxylation is 2. The summed E-state index contributed by atoms with van der Waals surface area (Å²) in [6.07, 6.45) is 7.72. The molecule has 0 amide bonds. The summed E-state index contributed by atoms with van der Waals surface area (Å²) in [7, 11) is 1.95. The molecule has 1 aliphatic rings. The fourth-order valence-corrected chi connectivity index (χ4v) is 2.87. The van der Waals surface area contributed by atoms with Gasteiger partial charge >= 0.3 is 0 Å². The molecule has 4 heteroatoms. The van der Waals surface area contributed by atoms with Crippen molar-refractivity contribution in [2.24, 2.45) is 7.05 Å². The summed E-state index contributed by atoms with van der Waals surface area (Å²) in [5.74, 6) is 0. The van der Waals surface area contributed by atoms with Gasteiger partial charge in [0, 0.05) is 30.7 Å². The van der Waals surface area contributed by atoms with E-state index in [9.17, 15) is 5.11 Å². The lowest BCUT2D eigenvalue weighted by Gasteiger charge is -2.20. The van der Waals surface area contributed by atoms with Crippen LogP contribution < -0.4 is 0 Å². The number of hydrogen-bond acceptors (Lipinski definition) is 2. The summed E-state index contributed by atoms with van der Waals surface area (Å²) in [6, 6.07) is 2.05. The molecule has 1 atom stereocenters. The number of aromatic nitrogens is 3. The predicted octanol–water partition coefficient (Wildman–Crippen LogP) is 2.14. The van der Waals surface area contributed by atoms with E-state index in [4.69, 9.17) is 0 Å². The molecule has 2 aromatic rings. The smallest absolute Gasteiger partial charge is 0.0868 e. The van der Waals surface area contributed by atoms with E-state index in [1.165, 1.54) is 5.69 Å². The lowest BCUT2D eigenvalue weighted by Crippen LogP contribution is -2.11. The Kier molecular flexibility index (Phi) is 2.74. The van der Waals surface area contributed by atoms with Crippen molar-refractivity contribution in [2.75, 3.05) is 0 Å². The molecule has 0 saturated heterocycles. The van der Waals surface area contributed by atoms with E-state index < -0.39 is 0 Å². The van der Waals surface area contributed by atoms with Crippen molar-refractivity contribution < 1.29 is 5.11 Å². The Hall–Kier alpha value is -1.55. The summed E-state index contributed by atoms with van der Waals surface area (Å²) < 4.78 is 4.06. The maximum absolute atomic E-state index is 10.0. The number of aliphatic hydroxyl groups is 1. The van der Waals surface area contributed by atoms with Crippen LogP contribution in [-0.2, 0) is 19.9 Å². The Morgan fingerprint density at radius 2 is 2.33 bits per heavy atom. The first-order valence-corrected chi connectivity index (χ1v) is 6.61. The Morgan fingerprint density at radius 1 is 1.50 bits per heavy atom. The summed E-state index contributed by atoms with van der Waals surface area (Å²) in [6.45, 7) is 2.12. The zero-order valence-electron chi connectivity index (χ0n) is 10.9. The Labute approximate surface area is 107 Å². The Bertz CT molecular complexity index is 568. The number of nitrogens with zero attached hydrogens (tertiary/aromatic N) is 3. The Morgan fingerprint density at radius 3 is 3.11 bits per heavy atom. The first kappa shape index (κ1) is 11.5. The molecular weight excluding hydrogens is 226 g/mol. The van der Waals surface area contributed by atoms with E-state index in [2.05, 4.69) is 29.0 Å². The largest absolute Gasteiger partial charge is 0.388 e. The van der Waals surface area contributed by atoms with Crippen LogP contribution in [0.1, 0.15) is 42.8 Å². The molecule has 1 unspecified atom stereocenters. The summed E-state index contributed by atoms with van der Waals surface area (Å²) in [5.41, 5.74) is 4.59. The van der Waals surface area contributed by atoms with E-state index in [0.29, 0.717) is 0 Å². The quantitative estimate of drug-likeness (QED) is 0.881. The van der Waals surface area contributed by atoms with Gasteiger partial charge in [0.05, 0.1) is 17.5 Å². The summed E-state index contributed by atoms with van der Waals surface area (Å²) in [5, 5.41) is 14.5. The van der Waals surface area contributed by atoms with Crippen LogP contribution in [0.2, 0.25) is 0 Å². The molecule has 3 rings (SSSR count). The number of aliphatic hydroxyl groups excluding tert-OH is 1. The second kappa shape index (κ2) is 4.28. The van der Waals surface area contributed by atoms with Crippen molar-refractivity contribution in [1.82, 2.24) is 14.3 Å². The third-order valence-electron chi connectivity index (χ3n) is 3.75. The third-order valence-corrected chi connectivity index (χ3v) is 3.75. The van der Waals surface area contributed by atoms with Crippen LogP contribution in [0.15, 0.2) is 18.5 Å². The van der Waals surface area contributed by atoms with Crippen molar-refractivity contribution in [3.63, 3.8) is 0 Å². The minimum atomic E-state index is -0.295. The highest BCUT2D eigenvalue weighted by molar-refractivity contribution is 5.41. The molecule has 1 N–H and O–H groups in total. The topological polar surface area (TPSA) is 43.0 Å². The highest BCUT2D eigenvalue weighted by atomic mass is 16.3. The highest BCUT2D eigenvalue weighted by Crippen LogP contribution is 2.32. The van der Waals surface area contributed by atoms with Gasteiger partial charge in [0.1, 0.15) is 0 Å². The zero-order valence-corrected chi connectivity index (χ0v) is 10.9. The van der Waals surface area contributed by atoms with Crippen LogP contribution in [0.4, 0.5) is 0 Å². The molecule has 0 fully saturated rings. The van der Waals surface area contributed by atoms with Gasteiger partial charge in [-0.15, -0.1) is 0 Å². The second-order valence-corrected chi connectivity index (χ2v) is 4.98. The van der Waals surface area contributed by atoms with Crippen molar-refractivity contribution in [1.29, 1.82) is 0 Å². The average Bonchev–Trinajstić information content (AvgIpc) is 2.93. The van der Waals surface area contributed by atoms with Gasteiger partial charge in [-0.25, -0.2) is 0 Å². The van der Waals surface area contributed by atoms with Gasteiger partial charge in [0.15, 0.2) is 0 Å². The zero-order chi connectivity index (χ0) is 12.7. The fraction of sp³-hybridized carbons (Fsp3) is 0.500. The molecule has 0 spiro atoms. The lowest BCUT2D eigenvalue weighted by molar-refractivity contribution is 0.156. The van der Waals surface area contributed by atoms with Crippen LogP contribution in [-0.4, -0.2) is 19.5 Å². The van der Waals surface area contributed by atoms with Crippen molar-refractivity contribution in [3.05, 3.63) is 35.4 Å². The predicted molar refractivity (Wildman–Crippen MR) is 69.8 cm³/mol. The van der Waals surface area contributed by atoms with Crippen LogP contribution >= 0.6 is 0 Å². The summed E-state index contributed by atoms with van der Waals surface area (Å²) >= 11 is 0. The first-order chi connectivity index (χ1) is 8.70. The van der Waals surface area contributed by atoms with Crippen LogP contribution in [0.3, 0.4) is 0 Å². The molecule has 0 saturated carbocycles. The molecule has 4 nitrogen and oxygen atoms in total. The van der Waals surface area contributed by atoms with E-state index in [-0.39, 0.29) is 6.10 Å². The van der Waals surface area contributed by atoms with Crippen molar-refractivity contribution >= 4 is 0 Å². The standard InChI is InChI=1S/C14H19N3O/c1-3-11-13(9-16(2)15-11)17-8-7-10-12(17)5-4-6-14(10)18/h7-9,14,18H,3-6H2,1-2H3. The molecule has 0 aromatic carbocycles. The highest BCUT2D eigenvalue weighted by Gasteiger charge is 2.22. The van der Waals surface area contributed by atoms with Crippen molar-refractivity contribution in [2.45, 2.75) is 38.7 Å². The maximum Gasteiger partial charge on any atom is 0.0868 e. The molecule has 0 radical (unpaired) electrons. The molecule has 0 aliphatic heterocycles. The molecule has 18 heavy (non-hydrogen) atoms. The van der Waals surface area contributed by atoms with E-state index in [0.717, 1.165) is 42.6 Å². The van der Waals surface area contributed by atoms with E-state index in [1.54, 1.807) is 0 Å². The maximum atomic E-state index is 10.0. The number of rotatable bonds is 2. The van der Waals surface area contributed by atoms with Gasteiger partial charge < -0.3 is 9.67 Å². The third kappa shape index (κ3) is 1.68. The van der Waals surface area contributed by atoms with Crippen LogP contribution in [0.25, 0.3) is 5.69 Å². The summed E-state index contributed by atoms with van der Waals surface area (Å²) in [4.78, 5) is 0. The molecule has 2 aromatic heterocycles. The molecule has 0 bridgehead atoms. The van der Waals surface area contributed by atoms with Gasteiger partial charge in [-0.1, -0.05) is 6.92 Å².